The molecule has 9 atom stereocenters. The molecular weight excluding hydrogens is 304 g/mol. The van der Waals surface area contributed by atoms with Crippen molar-refractivity contribution in [3.8, 4) is 0 Å². The van der Waals surface area contributed by atoms with Crippen LogP contribution < -0.4 is 0 Å². The molecule has 0 aromatic heterocycles. The monoisotopic (exact) mass is 325 g/mol. The van der Waals surface area contributed by atoms with E-state index in [2.05, 4.69) is 0 Å². The van der Waals surface area contributed by atoms with Gasteiger partial charge in [0.05, 0.1) is 13.2 Å². The fourth-order valence-electron chi connectivity index (χ4n) is 2.40. The summed E-state index contributed by atoms with van der Waals surface area (Å²) in [6.07, 6.45) is -12.6. The molecule has 0 amide bonds. The Balaban J connectivity index is 2.07. The molecule has 2 aliphatic rings. The maximum atomic E-state index is 9.97. The molecule has 0 aromatic carbocycles. The van der Waals surface area contributed by atoms with Crippen LogP contribution in [0.25, 0.3) is 0 Å². The predicted octanol–water partition coefficient (Wildman–Crippen LogP) is -4.55. The van der Waals surface area contributed by atoms with E-state index in [1.54, 1.807) is 0 Å². The van der Waals surface area contributed by atoms with Gasteiger partial charge in [-0.3, -0.25) is 0 Å². The number of hydrogen-bond donors (Lipinski definition) is 7. The lowest BCUT2D eigenvalue weighted by Gasteiger charge is -2.43. The van der Waals surface area contributed by atoms with E-state index in [-0.39, 0.29) is 0 Å². The number of ether oxygens (including phenoxy) is 3. The fourth-order valence-corrected chi connectivity index (χ4v) is 2.40. The average Bonchev–Trinajstić information content (AvgIpc) is 2.51. The van der Waals surface area contributed by atoms with Crippen LogP contribution in [0.4, 0.5) is 0 Å². The van der Waals surface area contributed by atoms with Crippen molar-refractivity contribution in [3.63, 3.8) is 0 Å². The van der Waals surface area contributed by atoms with Crippen molar-refractivity contribution in [2.75, 3.05) is 13.2 Å². The van der Waals surface area contributed by atoms with Gasteiger partial charge in [0.15, 0.2) is 6.29 Å². The molecule has 0 aromatic rings. The van der Waals surface area contributed by atoms with Gasteiger partial charge in [-0.1, -0.05) is 0 Å². The second kappa shape index (κ2) is 7.45. The van der Waals surface area contributed by atoms with E-state index in [0.717, 1.165) is 6.61 Å². The first-order chi connectivity index (χ1) is 10.4. The van der Waals surface area contributed by atoms with Crippen LogP contribution in [0.3, 0.4) is 0 Å². The van der Waals surface area contributed by atoms with Gasteiger partial charge in [0, 0.05) is 0 Å². The summed E-state index contributed by atoms with van der Waals surface area (Å²) in [5, 5.41) is 67.0. The van der Waals surface area contributed by atoms with Gasteiger partial charge in [-0.15, -0.1) is 0 Å². The lowest BCUT2D eigenvalue weighted by Crippen LogP contribution is -2.62. The second-order valence-corrected chi connectivity index (χ2v) is 5.27. The zero-order valence-electron chi connectivity index (χ0n) is 11.5. The summed E-state index contributed by atoms with van der Waals surface area (Å²) in [7, 11) is 0. The highest BCUT2D eigenvalue weighted by atomic mass is 16.7. The molecule has 0 saturated carbocycles. The number of hydrogen-bond acceptors (Lipinski definition) is 10. The molecule has 0 bridgehead atoms. The Hall–Kier alpha value is -0.400. The van der Waals surface area contributed by atoms with Gasteiger partial charge in [-0.25, -0.2) is 0 Å². The highest BCUT2D eigenvalue weighted by Crippen LogP contribution is 2.27. The Morgan fingerprint density at radius 3 is 2.05 bits per heavy atom. The Morgan fingerprint density at radius 2 is 1.45 bits per heavy atom. The molecule has 10 nitrogen and oxygen atoms in total. The van der Waals surface area contributed by atoms with Crippen molar-refractivity contribution in [3.05, 3.63) is 6.61 Å². The normalized spacial score (nSPS) is 50.0. The molecule has 129 valence electrons. The van der Waals surface area contributed by atoms with E-state index in [1.165, 1.54) is 0 Å². The molecule has 22 heavy (non-hydrogen) atoms. The van der Waals surface area contributed by atoms with Crippen LogP contribution in [-0.4, -0.2) is 104 Å². The fraction of sp³-hybridized carbons (Fsp3) is 0.917. The van der Waals surface area contributed by atoms with Gasteiger partial charge in [0.2, 0.25) is 0 Å². The minimum absolute atomic E-state index is 0.529. The van der Waals surface area contributed by atoms with E-state index >= 15 is 0 Å². The van der Waals surface area contributed by atoms with Crippen LogP contribution in [0.2, 0.25) is 0 Å². The summed E-state index contributed by atoms with van der Waals surface area (Å²) in [5.41, 5.74) is 0. The van der Waals surface area contributed by atoms with Crippen molar-refractivity contribution in [1.29, 1.82) is 0 Å². The molecule has 7 N–H and O–H groups in total. The van der Waals surface area contributed by atoms with E-state index in [0.29, 0.717) is 0 Å². The van der Waals surface area contributed by atoms with Gasteiger partial charge in [-0.05, 0) is 0 Å². The molecule has 2 fully saturated rings. The van der Waals surface area contributed by atoms with Crippen LogP contribution in [0.5, 0.6) is 0 Å². The second-order valence-electron chi connectivity index (χ2n) is 5.27. The largest absolute Gasteiger partial charge is 0.394 e. The van der Waals surface area contributed by atoms with Crippen LogP contribution in [0.15, 0.2) is 0 Å². The molecule has 2 saturated heterocycles. The molecule has 2 rings (SSSR count). The Kier molecular flexibility index (Phi) is 6.07. The molecule has 0 spiro atoms. The summed E-state index contributed by atoms with van der Waals surface area (Å²) < 4.78 is 15.3. The highest BCUT2D eigenvalue weighted by molar-refractivity contribution is 4.95. The molecule has 1 radical (unpaired) electrons. The molecule has 2 heterocycles. The van der Waals surface area contributed by atoms with E-state index in [4.69, 9.17) is 24.4 Å². The summed E-state index contributed by atoms with van der Waals surface area (Å²) in [5.74, 6) is 0. The Labute approximate surface area is 126 Å². The van der Waals surface area contributed by atoms with Crippen LogP contribution in [-0.2, 0) is 14.2 Å². The minimum Gasteiger partial charge on any atom is -0.394 e. The third kappa shape index (κ3) is 3.41. The lowest BCUT2D eigenvalue weighted by atomic mass is 9.97. The van der Waals surface area contributed by atoms with Crippen LogP contribution in [0, 0.1) is 6.61 Å². The first-order valence-electron chi connectivity index (χ1n) is 6.82. The smallest absolute Gasteiger partial charge is 0.187 e. The zero-order chi connectivity index (χ0) is 16.4. The topological polar surface area (TPSA) is 169 Å². The van der Waals surface area contributed by atoms with Gasteiger partial charge in [0.25, 0.3) is 0 Å². The molecule has 0 aliphatic carbocycles. The first-order valence-corrected chi connectivity index (χ1v) is 6.82. The van der Waals surface area contributed by atoms with E-state index in [9.17, 15) is 25.5 Å². The maximum absolute atomic E-state index is 9.97. The van der Waals surface area contributed by atoms with E-state index < -0.39 is 68.3 Å². The average molecular weight is 325 g/mol. The summed E-state index contributed by atoms with van der Waals surface area (Å²) in [4.78, 5) is 0. The SMILES string of the molecule is OC[C@H]1OC(O[C@H]2[C@H](O)[C@@H](CO)O[CH][C@H]2O)[C@@H](O)[C@@H](O)[C@@H]1O. The van der Waals surface area contributed by atoms with Crippen molar-refractivity contribution >= 4 is 0 Å². The van der Waals surface area contributed by atoms with Crippen LogP contribution in [0.1, 0.15) is 0 Å². The highest BCUT2D eigenvalue weighted by Gasteiger charge is 2.48. The third-order valence-corrected chi connectivity index (χ3v) is 3.77. The Morgan fingerprint density at radius 1 is 0.818 bits per heavy atom. The van der Waals surface area contributed by atoms with Gasteiger partial charge < -0.3 is 50.0 Å². The maximum Gasteiger partial charge on any atom is 0.187 e. The summed E-state index contributed by atoms with van der Waals surface area (Å²) >= 11 is 0. The van der Waals surface area contributed by atoms with Crippen molar-refractivity contribution in [2.45, 2.75) is 55.1 Å². The lowest BCUT2D eigenvalue weighted by molar-refractivity contribution is -0.332. The summed E-state index contributed by atoms with van der Waals surface area (Å²) in [6.45, 7) is -0.198. The van der Waals surface area contributed by atoms with Crippen molar-refractivity contribution in [1.82, 2.24) is 0 Å². The van der Waals surface area contributed by atoms with Crippen molar-refractivity contribution < 1.29 is 50.0 Å². The molecule has 1 unspecified atom stereocenters. The third-order valence-electron chi connectivity index (χ3n) is 3.77. The first kappa shape index (κ1) is 17.9. The Bertz CT molecular complexity index is 353. The molecule has 2 aliphatic heterocycles. The standard InChI is InChI=1S/C12H21O10/c13-1-5-8(17)11(4(15)3-20-5)22-12-10(19)9(18)7(16)6(2-14)21-12/h3-19H,1-2H2/t4-,5-,6-,7-,8-,9+,10+,11-,12?/m1/s1. The van der Waals surface area contributed by atoms with Crippen LogP contribution >= 0.6 is 0 Å². The minimum atomic E-state index is -1.66. The summed E-state index contributed by atoms with van der Waals surface area (Å²) in [6, 6.07) is 0. The number of aliphatic hydroxyl groups is 7. The molecular formula is C12H21O10. The zero-order valence-corrected chi connectivity index (χ0v) is 11.5. The number of aliphatic hydroxyl groups excluding tert-OH is 7. The van der Waals surface area contributed by atoms with Gasteiger partial charge in [-0.2, -0.15) is 0 Å². The van der Waals surface area contributed by atoms with E-state index in [1.807, 2.05) is 0 Å². The predicted molar refractivity (Wildman–Crippen MR) is 66.9 cm³/mol. The van der Waals surface area contributed by atoms with Gasteiger partial charge in [0.1, 0.15) is 55.4 Å². The quantitative estimate of drug-likeness (QED) is 0.267. The molecule has 10 heteroatoms. The van der Waals surface area contributed by atoms with Crippen molar-refractivity contribution in [2.24, 2.45) is 0 Å². The van der Waals surface area contributed by atoms with Gasteiger partial charge >= 0.3 is 0 Å². The number of rotatable bonds is 4.